The lowest BCUT2D eigenvalue weighted by molar-refractivity contribution is 0.127. The zero-order valence-electron chi connectivity index (χ0n) is 13.4. The van der Waals surface area contributed by atoms with Gasteiger partial charge in [0, 0.05) is 26.3 Å². The number of nitrogens with one attached hydrogen (secondary N) is 1. The molecule has 0 spiro atoms. The fourth-order valence-electron chi connectivity index (χ4n) is 2.34. The molecule has 0 aliphatic carbocycles. The van der Waals surface area contributed by atoms with Crippen molar-refractivity contribution >= 4 is 0 Å². The molecule has 1 aromatic carbocycles. The highest BCUT2D eigenvalue weighted by atomic mass is 16.5. The average Bonchev–Trinajstić information content (AvgIpc) is 2.45. The van der Waals surface area contributed by atoms with Crippen molar-refractivity contribution in [1.29, 1.82) is 0 Å². The Balaban J connectivity index is 2.48. The molecule has 0 aliphatic rings. The first-order chi connectivity index (χ1) is 10.1. The van der Waals surface area contributed by atoms with E-state index in [0.717, 1.165) is 12.0 Å². The molecule has 1 aromatic rings. The molecule has 0 saturated heterocycles. The zero-order valence-corrected chi connectivity index (χ0v) is 13.4. The van der Waals surface area contributed by atoms with E-state index >= 15 is 0 Å². The number of ether oxygens (including phenoxy) is 1. The van der Waals surface area contributed by atoms with Gasteiger partial charge in [-0.15, -0.1) is 0 Å². The van der Waals surface area contributed by atoms with Crippen LogP contribution in [0.1, 0.15) is 37.5 Å². The van der Waals surface area contributed by atoms with Gasteiger partial charge in [0.1, 0.15) is 0 Å². The number of methoxy groups -OCH3 is 1. The summed E-state index contributed by atoms with van der Waals surface area (Å²) in [7, 11) is 1.63. The van der Waals surface area contributed by atoms with Crippen molar-refractivity contribution in [3.05, 3.63) is 35.4 Å². The van der Waals surface area contributed by atoms with Crippen molar-refractivity contribution in [3.63, 3.8) is 0 Å². The number of hydrogen-bond acceptors (Lipinski definition) is 4. The number of aliphatic hydroxyl groups excluding tert-OH is 2. The molecule has 4 heteroatoms. The Bertz CT molecular complexity index is 372. The smallest absolute Gasteiger partial charge is 0.0914 e. The molecule has 0 aliphatic heterocycles. The molecular formula is C17H29NO3. The monoisotopic (exact) mass is 295 g/mol. The van der Waals surface area contributed by atoms with Crippen LogP contribution in [0.25, 0.3) is 0 Å². The Morgan fingerprint density at radius 1 is 1.19 bits per heavy atom. The van der Waals surface area contributed by atoms with Crippen LogP contribution in [0.15, 0.2) is 24.3 Å². The standard InChI is InChI=1S/C17H29NO3/c1-13(2)10-14-4-6-15(7-5-14)17(20)11-18-16(8-9-19)12-21-3/h4-7,13,16-20H,8-12H2,1-3H3. The molecule has 0 amide bonds. The van der Waals surface area contributed by atoms with E-state index in [2.05, 4.69) is 31.3 Å². The molecule has 21 heavy (non-hydrogen) atoms. The maximum Gasteiger partial charge on any atom is 0.0914 e. The normalized spacial score (nSPS) is 14.4. The van der Waals surface area contributed by atoms with E-state index in [0.29, 0.717) is 25.5 Å². The first-order valence-electron chi connectivity index (χ1n) is 7.66. The second kappa shape index (κ2) is 9.90. The van der Waals surface area contributed by atoms with Gasteiger partial charge < -0.3 is 20.3 Å². The highest BCUT2D eigenvalue weighted by Crippen LogP contribution is 2.15. The summed E-state index contributed by atoms with van der Waals surface area (Å²) < 4.78 is 5.09. The summed E-state index contributed by atoms with van der Waals surface area (Å²) in [4.78, 5) is 0. The number of aliphatic hydroxyl groups is 2. The van der Waals surface area contributed by atoms with Gasteiger partial charge in [0.25, 0.3) is 0 Å². The minimum Gasteiger partial charge on any atom is -0.396 e. The van der Waals surface area contributed by atoms with E-state index in [1.807, 2.05) is 12.1 Å². The van der Waals surface area contributed by atoms with Crippen molar-refractivity contribution < 1.29 is 14.9 Å². The lowest BCUT2D eigenvalue weighted by Crippen LogP contribution is -2.36. The summed E-state index contributed by atoms with van der Waals surface area (Å²) in [5.74, 6) is 0.635. The van der Waals surface area contributed by atoms with Gasteiger partial charge in [-0.1, -0.05) is 38.1 Å². The minimum atomic E-state index is -0.545. The van der Waals surface area contributed by atoms with E-state index in [1.54, 1.807) is 7.11 Å². The average molecular weight is 295 g/mol. The summed E-state index contributed by atoms with van der Waals surface area (Å²) in [5, 5.41) is 22.4. The third-order valence-electron chi connectivity index (χ3n) is 3.45. The Labute approximate surface area is 128 Å². The summed E-state index contributed by atoms with van der Waals surface area (Å²) in [6.07, 6.45) is 1.13. The van der Waals surface area contributed by atoms with Crippen molar-refractivity contribution in [2.75, 3.05) is 26.9 Å². The lowest BCUT2D eigenvalue weighted by Gasteiger charge is -2.20. The van der Waals surface area contributed by atoms with Crippen LogP contribution in [0, 0.1) is 5.92 Å². The van der Waals surface area contributed by atoms with Crippen LogP contribution >= 0.6 is 0 Å². The quantitative estimate of drug-likeness (QED) is 0.617. The van der Waals surface area contributed by atoms with Crippen molar-refractivity contribution in [2.45, 2.75) is 38.8 Å². The van der Waals surface area contributed by atoms with Crippen LogP contribution in [-0.2, 0) is 11.2 Å². The fraction of sp³-hybridized carbons (Fsp3) is 0.647. The molecule has 0 fully saturated rings. The van der Waals surface area contributed by atoms with Crippen LogP contribution in [0.3, 0.4) is 0 Å². The Kier molecular flexibility index (Phi) is 8.54. The summed E-state index contributed by atoms with van der Waals surface area (Å²) in [6.45, 7) is 5.49. The largest absolute Gasteiger partial charge is 0.396 e. The zero-order chi connectivity index (χ0) is 15.7. The molecule has 3 N–H and O–H groups in total. The molecule has 0 saturated carbocycles. The third-order valence-corrected chi connectivity index (χ3v) is 3.45. The van der Waals surface area contributed by atoms with E-state index in [-0.39, 0.29) is 12.6 Å². The molecule has 0 heterocycles. The van der Waals surface area contributed by atoms with Gasteiger partial charge in [0.15, 0.2) is 0 Å². The van der Waals surface area contributed by atoms with Crippen molar-refractivity contribution in [1.82, 2.24) is 5.32 Å². The van der Waals surface area contributed by atoms with Crippen molar-refractivity contribution in [2.24, 2.45) is 5.92 Å². The minimum absolute atomic E-state index is 0.0647. The predicted octanol–water partition coefficient (Wildman–Crippen LogP) is 1.91. The number of hydrogen-bond donors (Lipinski definition) is 3. The second-order valence-corrected chi connectivity index (χ2v) is 5.93. The molecular weight excluding hydrogens is 266 g/mol. The van der Waals surface area contributed by atoms with E-state index in [4.69, 9.17) is 9.84 Å². The molecule has 0 radical (unpaired) electrons. The number of benzene rings is 1. The molecule has 0 bridgehead atoms. The van der Waals surface area contributed by atoms with Gasteiger partial charge in [-0.2, -0.15) is 0 Å². The highest BCUT2D eigenvalue weighted by Gasteiger charge is 2.12. The lowest BCUT2D eigenvalue weighted by atomic mass is 10.00. The molecule has 4 nitrogen and oxygen atoms in total. The summed E-state index contributed by atoms with van der Waals surface area (Å²) in [6, 6.07) is 8.20. The van der Waals surface area contributed by atoms with Gasteiger partial charge in [0.2, 0.25) is 0 Å². The van der Waals surface area contributed by atoms with Gasteiger partial charge in [-0.05, 0) is 29.9 Å². The third kappa shape index (κ3) is 7.05. The Morgan fingerprint density at radius 2 is 1.86 bits per heavy atom. The first-order valence-corrected chi connectivity index (χ1v) is 7.66. The van der Waals surface area contributed by atoms with Crippen LogP contribution in [0.5, 0.6) is 0 Å². The van der Waals surface area contributed by atoms with E-state index in [1.165, 1.54) is 5.56 Å². The Hall–Kier alpha value is -0.940. The van der Waals surface area contributed by atoms with Crippen LogP contribution in [0.2, 0.25) is 0 Å². The van der Waals surface area contributed by atoms with Gasteiger partial charge in [-0.25, -0.2) is 0 Å². The maximum absolute atomic E-state index is 10.2. The van der Waals surface area contributed by atoms with Crippen LogP contribution < -0.4 is 5.32 Å². The maximum atomic E-state index is 10.2. The topological polar surface area (TPSA) is 61.7 Å². The molecule has 1 rings (SSSR count). The second-order valence-electron chi connectivity index (χ2n) is 5.93. The van der Waals surface area contributed by atoms with Crippen molar-refractivity contribution in [3.8, 4) is 0 Å². The molecule has 0 aromatic heterocycles. The molecule has 120 valence electrons. The van der Waals surface area contributed by atoms with Gasteiger partial charge in [-0.3, -0.25) is 0 Å². The highest BCUT2D eigenvalue weighted by molar-refractivity contribution is 5.24. The van der Waals surface area contributed by atoms with Gasteiger partial charge in [0.05, 0.1) is 12.7 Å². The van der Waals surface area contributed by atoms with E-state index < -0.39 is 6.10 Å². The number of rotatable bonds is 10. The molecule has 2 unspecified atom stereocenters. The fourth-order valence-corrected chi connectivity index (χ4v) is 2.34. The van der Waals surface area contributed by atoms with Gasteiger partial charge >= 0.3 is 0 Å². The van der Waals surface area contributed by atoms with Crippen LogP contribution in [0.4, 0.5) is 0 Å². The predicted molar refractivity (Wildman–Crippen MR) is 85.3 cm³/mol. The molecule has 2 atom stereocenters. The summed E-state index contributed by atoms with van der Waals surface area (Å²) in [5.41, 5.74) is 2.21. The Morgan fingerprint density at radius 3 is 2.38 bits per heavy atom. The SMILES string of the molecule is COCC(CCO)NCC(O)c1ccc(CC(C)C)cc1. The summed E-state index contributed by atoms with van der Waals surface area (Å²) >= 11 is 0. The first kappa shape index (κ1) is 18.1. The van der Waals surface area contributed by atoms with E-state index in [9.17, 15) is 5.11 Å². The van der Waals surface area contributed by atoms with Crippen LogP contribution in [-0.4, -0.2) is 43.1 Å².